The largest absolute Gasteiger partial charge is 0.504 e. The maximum absolute atomic E-state index is 9.68. The summed E-state index contributed by atoms with van der Waals surface area (Å²) in [5, 5.41) is 18.1. The Labute approximate surface area is 90.4 Å². The minimum atomic E-state index is 0.0216. The fourth-order valence-corrected chi connectivity index (χ4v) is 1.46. The molecule has 4 heteroatoms. The van der Waals surface area contributed by atoms with Crippen molar-refractivity contribution in [3.05, 3.63) is 28.2 Å². The molecule has 0 aliphatic rings. The van der Waals surface area contributed by atoms with Crippen molar-refractivity contribution in [1.82, 2.24) is 0 Å². The Morgan fingerprint density at radius 3 is 2.86 bits per heavy atom. The van der Waals surface area contributed by atoms with Crippen LogP contribution in [0.3, 0.4) is 0 Å². The molecule has 0 aliphatic heterocycles. The van der Waals surface area contributed by atoms with Gasteiger partial charge in [0.05, 0.1) is 13.2 Å². The van der Waals surface area contributed by atoms with Gasteiger partial charge in [-0.1, -0.05) is 15.9 Å². The van der Waals surface area contributed by atoms with Crippen molar-refractivity contribution >= 4 is 22.0 Å². The Morgan fingerprint density at radius 1 is 1.57 bits per heavy atom. The molecule has 14 heavy (non-hydrogen) atoms. The molecule has 0 radical (unpaired) electrons. The molecule has 0 saturated heterocycles. The van der Waals surface area contributed by atoms with Gasteiger partial charge in [0.25, 0.3) is 0 Å². The fraction of sp³-hybridized carbons (Fsp3) is 0.100. The summed E-state index contributed by atoms with van der Waals surface area (Å²) in [6.45, 7) is 0. The van der Waals surface area contributed by atoms with E-state index in [0.717, 1.165) is 0 Å². The third-order valence-electron chi connectivity index (χ3n) is 1.67. The molecule has 1 N–H and O–H groups in total. The van der Waals surface area contributed by atoms with Crippen LogP contribution in [0, 0.1) is 11.3 Å². The first-order valence-electron chi connectivity index (χ1n) is 3.82. The van der Waals surface area contributed by atoms with Crippen LogP contribution in [0.5, 0.6) is 11.5 Å². The Hall–Kier alpha value is -1.47. The van der Waals surface area contributed by atoms with Crippen LogP contribution in [0.2, 0.25) is 0 Å². The van der Waals surface area contributed by atoms with Gasteiger partial charge in [0.15, 0.2) is 11.5 Å². The molecule has 0 unspecified atom stereocenters. The van der Waals surface area contributed by atoms with Gasteiger partial charge >= 0.3 is 0 Å². The van der Waals surface area contributed by atoms with E-state index in [0.29, 0.717) is 15.8 Å². The fourth-order valence-electron chi connectivity index (χ4n) is 1.01. The normalized spacial score (nSPS) is 10.1. The second-order valence-electron chi connectivity index (χ2n) is 2.47. The number of hydrogen-bond acceptors (Lipinski definition) is 3. The molecular formula is C10H8BrNO2. The number of methoxy groups -OCH3 is 1. The standard InChI is InChI=1S/C10H8BrNO2/c1-14-9-5-4-8(11)7(10(9)13)3-2-6-12/h2-5,13H,1H3. The highest BCUT2D eigenvalue weighted by Crippen LogP contribution is 2.35. The highest BCUT2D eigenvalue weighted by molar-refractivity contribution is 9.10. The van der Waals surface area contributed by atoms with Crippen molar-refractivity contribution in [3.8, 4) is 17.6 Å². The van der Waals surface area contributed by atoms with E-state index in [-0.39, 0.29) is 5.75 Å². The van der Waals surface area contributed by atoms with Crippen LogP contribution in [-0.4, -0.2) is 12.2 Å². The summed E-state index contributed by atoms with van der Waals surface area (Å²) < 4.78 is 5.64. The average Bonchev–Trinajstić information content (AvgIpc) is 2.18. The molecule has 0 saturated carbocycles. The quantitative estimate of drug-likeness (QED) is 0.825. The number of phenols is 1. The molecule has 0 heterocycles. The molecule has 1 aromatic carbocycles. The Morgan fingerprint density at radius 2 is 2.29 bits per heavy atom. The molecular weight excluding hydrogens is 246 g/mol. The van der Waals surface area contributed by atoms with Crippen LogP contribution >= 0.6 is 15.9 Å². The average molecular weight is 254 g/mol. The number of halogens is 1. The summed E-state index contributed by atoms with van der Waals surface area (Å²) >= 11 is 3.26. The van der Waals surface area contributed by atoms with E-state index < -0.39 is 0 Å². The van der Waals surface area contributed by atoms with Crippen molar-refractivity contribution < 1.29 is 9.84 Å². The second-order valence-corrected chi connectivity index (χ2v) is 3.33. The van der Waals surface area contributed by atoms with Gasteiger partial charge in [-0.15, -0.1) is 0 Å². The van der Waals surface area contributed by atoms with Crippen LogP contribution in [0.4, 0.5) is 0 Å². The van der Waals surface area contributed by atoms with E-state index in [1.165, 1.54) is 19.3 Å². The molecule has 3 nitrogen and oxygen atoms in total. The van der Waals surface area contributed by atoms with Gasteiger partial charge in [0, 0.05) is 16.1 Å². The minimum Gasteiger partial charge on any atom is -0.504 e. The first kappa shape index (κ1) is 10.6. The predicted octanol–water partition coefficient (Wildman–Crippen LogP) is 2.70. The number of ether oxygens (including phenoxy) is 1. The Balaban J connectivity index is 3.26. The molecule has 0 bridgehead atoms. The smallest absolute Gasteiger partial charge is 0.166 e. The highest BCUT2D eigenvalue weighted by Gasteiger charge is 2.08. The summed E-state index contributed by atoms with van der Waals surface area (Å²) in [6.07, 6.45) is 2.81. The molecule has 72 valence electrons. The van der Waals surface area contributed by atoms with Crippen molar-refractivity contribution in [3.63, 3.8) is 0 Å². The van der Waals surface area contributed by atoms with Crippen LogP contribution < -0.4 is 4.74 Å². The van der Waals surface area contributed by atoms with Gasteiger partial charge in [0.1, 0.15) is 0 Å². The van der Waals surface area contributed by atoms with E-state index in [1.807, 2.05) is 6.07 Å². The van der Waals surface area contributed by atoms with Crippen LogP contribution in [-0.2, 0) is 0 Å². The number of phenolic OH excluding ortho intramolecular Hbond substituents is 1. The molecule has 1 rings (SSSR count). The number of nitriles is 1. The molecule has 1 aromatic rings. The lowest BCUT2D eigenvalue weighted by Crippen LogP contribution is -1.86. The lowest BCUT2D eigenvalue weighted by molar-refractivity contribution is 0.372. The summed E-state index contributed by atoms with van der Waals surface area (Å²) in [6, 6.07) is 5.24. The Bertz CT molecular complexity index is 407. The number of benzene rings is 1. The molecule has 0 spiro atoms. The number of nitrogens with zero attached hydrogens (tertiary/aromatic N) is 1. The summed E-state index contributed by atoms with van der Waals surface area (Å²) in [5.74, 6) is 0.402. The number of hydrogen-bond donors (Lipinski definition) is 1. The van der Waals surface area contributed by atoms with E-state index in [9.17, 15) is 5.11 Å². The van der Waals surface area contributed by atoms with Crippen molar-refractivity contribution in [2.24, 2.45) is 0 Å². The SMILES string of the molecule is COc1ccc(Br)c(C=CC#N)c1O. The Kier molecular flexibility index (Phi) is 3.55. The van der Waals surface area contributed by atoms with E-state index in [4.69, 9.17) is 10.00 Å². The van der Waals surface area contributed by atoms with Gasteiger partial charge in [-0.2, -0.15) is 5.26 Å². The lowest BCUT2D eigenvalue weighted by Gasteiger charge is -2.07. The highest BCUT2D eigenvalue weighted by atomic mass is 79.9. The van der Waals surface area contributed by atoms with Gasteiger partial charge in [0.2, 0.25) is 0 Å². The topological polar surface area (TPSA) is 53.2 Å². The summed E-state index contributed by atoms with van der Waals surface area (Å²) in [7, 11) is 1.47. The third kappa shape index (κ3) is 2.06. The van der Waals surface area contributed by atoms with Crippen molar-refractivity contribution in [2.75, 3.05) is 7.11 Å². The van der Waals surface area contributed by atoms with Gasteiger partial charge in [-0.05, 0) is 18.2 Å². The van der Waals surface area contributed by atoms with Gasteiger partial charge < -0.3 is 9.84 Å². The summed E-state index contributed by atoms with van der Waals surface area (Å²) in [4.78, 5) is 0. The molecule has 0 aromatic heterocycles. The van der Waals surface area contributed by atoms with Crippen LogP contribution in [0.25, 0.3) is 6.08 Å². The predicted molar refractivity (Wildman–Crippen MR) is 57.0 cm³/mol. The maximum atomic E-state index is 9.68. The minimum absolute atomic E-state index is 0.0216. The summed E-state index contributed by atoms with van der Waals surface area (Å²) in [5.41, 5.74) is 0.533. The maximum Gasteiger partial charge on any atom is 0.166 e. The van der Waals surface area contributed by atoms with E-state index in [2.05, 4.69) is 15.9 Å². The molecule has 0 atom stereocenters. The third-order valence-corrected chi connectivity index (χ3v) is 2.36. The zero-order valence-corrected chi connectivity index (χ0v) is 9.08. The first-order valence-corrected chi connectivity index (χ1v) is 4.61. The van der Waals surface area contributed by atoms with Gasteiger partial charge in [-0.3, -0.25) is 0 Å². The monoisotopic (exact) mass is 253 g/mol. The second kappa shape index (κ2) is 4.68. The van der Waals surface area contributed by atoms with Gasteiger partial charge in [-0.25, -0.2) is 0 Å². The van der Waals surface area contributed by atoms with Crippen molar-refractivity contribution in [2.45, 2.75) is 0 Å². The lowest BCUT2D eigenvalue weighted by atomic mass is 10.1. The van der Waals surface area contributed by atoms with E-state index in [1.54, 1.807) is 12.1 Å². The molecule has 0 fully saturated rings. The van der Waals surface area contributed by atoms with Crippen LogP contribution in [0.1, 0.15) is 5.56 Å². The molecule has 0 amide bonds. The van der Waals surface area contributed by atoms with Crippen molar-refractivity contribution in [1.29, 1.82) is 5.26 Å². The van der Waals surface area contributed by atoms with Crippen LogP contribution in [0.15, 0.2) is 22.7 Å². The zero-order valence-electron chi connectivity index (χ0n) is 7.49. The number of aromatic hydroxyl groups is 1. The number of allylic oxidation sites excluding steroid dienone is 1. The molecule has 0 aliphatic carbocycles. The first-order chi connectivity index (χ1) is 6.70. The zero-order chi connectivity index (χ0) is 10.6. The number of rotatable bonds is 2. The van der Waals surface area contributed by atoms with E-state index >= 15 is 0 Å².